The Morgan fingerprint density at radius 1 is 0.537 bits per heavy atom. The van der Waals surface area contributed by atoms with Gasteiger partial charge < -0.3 is 14.2 Å². The number of nitrogens with zero attached hydrogens (tertiary/aromatic N) is 2. The number of benzene rings is 8. The lowest BCUT2D eigenvalue weighted by atomic mass is 9.81. The molecule has 0 spiro atoms. The summed E-state index contributed by atoms with van der Waals surface area (Å²) in [6.07, 6.45) is 0.960. The largest absolute Gasteiger partial charge is 0.493 e. The van der Waals surface area contributed by atoms with E-state index in [0.29, 0.717) is 0 Å². The average molecular weight is 695 g/mol. The smallest absolute Gasteiger partial charge is 0.123 e. The zero-order valence-corrected chi connectivity index (χ0v) is 30.4. The molecule has 0 bridgehead atoms. The van der Waals surface area contributed by atoms with Gasteiger partial charge in [-0.05, 0) is 110 Å². The maximum Gasteiger partial charge on any atom is 0.123 e. The maximum atomic E-state index is 6.14. The van der Waals surface area contributed by atoms with Gasteiger partial charge in [0.05, 0.1) is 17.6 Å². The molecule has 9 aromatic rings. The molecular weight excluding hydrogens is 657 g/mol. The molecule has 0 saturated heterocycles. The molecule has 8 aromatic carbocycles. The van der Waals surface area contributed by atoms with E-state index in [1.54, 1.807) is 0 Å². The molecule has 0 saturated carbocycles. The first-order valence-electron chi connectivity index (χ1n) is 18.9. The molecule has 2 heterocycles. The zero-order chi connectivity index (χ0) is 36.0. The molecule has 1 aromatic heterocycles. The summed E-state index contributed by atoms with van der Waals surface area (Å²) in [6.45, 7) is 5.49. The highest BCUT2D eigenvalue weighted by molar-refractivity contribution is 6.09. The van der Waals surface area contributed by atoms with Gasteiger partial charge in [0.1, 0.15) is 5.75 Å². The van der Waals surface area contributed by atoms with Crippen molar-refractivity contribution in [2.45, 2.75) is 25.7 Å². The number of rotatable bonds is 5. The third kappa shape index (κ3) is 4.61. The quantitative estimate of drug-likeness (QED) is 0.178. The van der Waals surface area contributed by atoms with E-state index in [9.17, 15) is 0 Å². The van der Waals surface area contributed by atoms with Crippen LogP contribution < -0.4 is 9.64 Å². The number of hydrogen-bond donors (Lipinski definition) is 0. The summed E-state index contributed by atoms with van der Waals surface area (Å²) >= 11 is 0. The van der Waals surface area contributed by atoms with E-state index < -0.39 is 0 Å². The molecule has 0 N–H and O–H groups in total. The highest BCUT2D eigenvalue weighted by atomic mass is 16.5. The molecule has 11 rings (SSSR count). The second-order valence-corrected chi connectivity index (χ2v) is 15.3. The van der Waals surface area contributed by atoms with Crippen LogP contribution in [0.1, 0.15) is 30.5 Å². The normalized spacial score (nSPS) is 13.9. The summed E-state index contributed by atoms with van der Waals surface area (Å²) in [5, 5.41) is 4.95. The van der Waals surface area contributed by atoms with Crippen LogP contribution in [0.4, 0.5) is 17.1 Å². The second kappa shape index (κ2) is 11.7. The van der Waals surface area contributed by atoms with E-state index in [2.05, 4.69) is 193 Å². The van der Waals surface area contributed by atoms with E-state index in [-0.39, 0.29) is 5.41 Å². The van der Waals surface area contributed by atoms with Crippen molar-refractivity contribution >= 4 is 49.6 Å². The van der Waals surface area contributed by atoms with Crippen LogP contribution in [0.15, 0.2) is 170 Å². The molecule has 0 fully saturated rings. The molecule has 1 aliphatic heterocycles. The van der Waals surface area contributed by atoms with Gasteiger partial charge in [0.25, 0.3) is 0 Å². The topological polar surface area (TPSA) is 17.4 Å². The van der Waals surface area contributed by atoms with Crippen LogP contribution in [-0.4, -0.2) is 11.2 Å². The summed E-state index contributed by atoms with van der Waals surface area (Å²) in [5.74, 6) is 1.00. The van der Waals surface area contributed by atoms with E-state index in [1.165, 1.54) is 71.5 Å². The van der Waals surface area contributed by atoms with Gasteiger partial charge in [-0.2, -0.15) is 0 Å². The predicted octanol–water partition coefficient (Wildman–Crippen LogP) is 13.3. The Hall–Kier alpha value is -6.58. The van der Waals surface area contributed by atoms with Gasteiger partial charge in [0, 0.05) is 45.4 Å². The average Bonchev–Trinajstić information content (AvgIpc) is 3.89. The van der Waals surface area contributed by atoms with Gasteiger partial charge in [0.2, 0.25) is 0 Å². The molecule has 1 aliphatic carbocycles. The first-order chi connectivity index (χ1) is 26.5. The third-order valence-corrected chi connectivity index (χ3v) is 11.8. The molecule has 258 valence electrons. The van der Waals surface area contributed by atoms with Crippen LogP contribution >= 0.6 is 0 Å². The molecule has 0 unspecified atom stereocenters. The van der Waals surface area contributed by atoms with Gasteiger partial charge in [-0.15, -0.1) is 0 Å². The summed E-state index contributed by atoms with van der Waals surface area (Å²) in [6, 6.07) is 62.6. The van der Waals surface area contributed by atoms with Crippen molar-refractivity contribution in [3.63, 3.8) is 0 Å². The first-order valence-corrected chi connectivity index (χ1v) is 18.9. The van der Waals surface area contributed by atoms with Crippen LogP contribution in [0.3, 0.4) is 0 Å². The van der Waals surface area contributed by atoms with E-state index in [0.717, 1.165) is 41.5 Å². The van der Waals surface area contributed by atoms with Crippen molar-refractivity contribution in [2.24, 2.45) is 0 Å². The van der Waals surface area contributed by atoms with Crippen LogP contribution in [0, 0.1) is 0 Å². The molecule has 54 heavy (non-hydrogen) atoms. The Balaban J connectivity index is 1.19. The predicted molar refractivity (Wildman–Crippen MR) is 225 cm³/mol. The number of aromatic nitrogens is 1. The van der Waals surface area contributed by atoms with Gasteiger partial charge in [0.15, 0.2) is 0 Å². The number of hydrogen-bond acceptors (Lipinski definition) is 2. The number of fused-ring (bicyclic) bond motifs is 8. The fourth-order valence-electron chi connectivity index (χ4n) is 9.23. The maximum absolute atomic E-state index is 6.14. The standard InChI is InChI=1S/C51H38N2O/c1-51(2)45-19-8-5-18-43(45)50-44(36-23-22-34-26-27-54-49(34)29-36)31-40(32-46(50)51)52(39-25-24-33-12-3-4-13-35(33)28-39)37-14-11-15-38(30-37)53-47-20-9-6-16-41(47)42-17-7-10-21-48(42)53/h3-25,28-32H,26-27H2,1-2H3. The highest BCUT2D eigenvalue weighted by Crippen LogP contribution is 2.55. The number of ether oxygens (including phenoxy) is 1. The summed E-state index contributed by atoms with van der Waals surface area (Å²) in [7, 11) is 0. The fraction of sp³-hybridized carbons (Fsp3) is 0.0980. The van der Waals surface area contributed by atoms with Gasteiger partial charge >= 0.3 is 0 Å². The molecule has 3 heteroatoms. The monoisotopic (exact) mass is 694 g/mol. The van der Waals surface area contributed by atoms with Gasteiger partial charge in [-0.25, -0.2) is 0 Å². The van der Waals surface area contributed by atoms with Gasteiger partial charge in [-0.3, -0.25) is 0 Å². The minimum Gasteiger partial charge on any atom is -0.493 e. The summed E-state index contributed by atoms with van der Waals surface area (Å²) in [5.41, 5.74) is 15.7. The Bertz CT molecular complexity index is 2910. The Morgan fingerprint density at radius 2 is 1.26 bits per heavy atom. The highest BCUT2D eigenvalue weighted by Gasteiger charge is 2.38. The van der Waals surface area contributed by atoms with E-state index in [1.807, 2.05) is 0 Å². The van der Waals surface area contributed by atoms with Crippen LogP contribution in [-0.2, 0) is 11.8 Å². The van der Waals surface area contributed by atoms with Crippen LogP contribution in [0.5, 0.6) is 5.75 Å². The Morgan fingerprint density at radius 3 is 2.09 bits per heavy atom. The van der Waals surface area contributed by atoms with Crippen molar-refractivity contribution in [1.29, 1.82) is 0 Å². The lowest BCUT2D eigenvalue weighted by Crippen LogP contribution is -2.17. The van der Waals surface area contributed by atoms with Crippen molar-refractivity contribution in [3.05, 3.63) is 187 Å². The fourth-order valence-corrected chi connectivity index (χ4v) is 9.23. The lowest BCUT2D eigenvalue weighted by Gasteiger charge is -2.30. The minimum absolute atomic E-state index is 0.191. The van der Waals surface area contributed by atoms with E-state index >= 15 is 0 Å². The molecular formula is C51H38N2O. The van der Waals surface area contributed by atoms with Crippen LogP contribution in [0.25, 0.3) is 60.5 Å². The van der Waals surface area contributed by atoms with Crippen molar-refractivity contribution in [2.75, 3.05) is 11.5 Å². The molecule has 0 amide bonds. The van der Waals surface area contributed by atoms with Crippen molar-refractivity contribution in [3.8, 4) is 33.7 Å². The Kier molecular flexibility index (Phi) is 6.72. The van der Waals surface area contributed by atoms with Crippen molar-refractivity contribution in [1.82, 2.24) is 4.57 Å². The minimum atomic E-state index is -0.191. The molecule has 0 atom stereocenters. The summed E-state index contributed by atoms with van der Waals surface area (Å²) < 4.78 is 8.55. The first kappa shape index (κ1) is 31.0. The second-order valence-electron chi connectivity index (χ2n) is 15.3. The molecule has 3 nitrogen and oxygen atoms in total. The molecule has 2 aliphatic rings. The number of anilines is 3. The van der Waals surface area contributed by atoms with Crippen molar-refractivity contribution < 1.29 is 4.74 Å². The van der Waals surface area contributed by atoms with Gasteiger partial charge in [-0.1, -0.05) is 123 Å². The summed E-state index contributed by atoms with van der Waals surface area (Å²) in [4.78, 5) is 2.45. The molecule has 0 radical (unpaired) electrons. The SMILES string of the molecule is CC1(C)c2ccccc2-c2c(-c3ccc4c(c3)OCC4)cc(N(c3cccc(-n4c5ccccc5c5ccccc54)c3)c3ccc4ccccc4c3)cc21. The van der Waals surface area contributed by atoms with Crippen LogP contribution in [0.2, 0.25) is 0 Å². The zero-order valence-electron chi connectivity index (χ0n) is 30.4. The Labute approximate surface area is 315 Å². The van der Waals surface area contributed by atoms with E-state index in [4.69, 9.17) is 4.74 Å². The third-order valence-electron chi connectivity index (χ3n) is 11.8. The number of para-hydroxylation sites is 2. The lowest BCUT2D eigenvalue weighted by molar-refractivity contribution is 0.357.